The van der Waals surface area contributed by atoms with Crippen LogP contribution in [0.4, 0.5) is 4.79 Å². The fraction of sp³-hybridized carbons (Fsp3) is 0.579. The number of rotatable bonds is 7. The molecule has 5 heteroatoms. The molecule has 0 saturated heterocycles. The predicted octanol–water partition coefficient (Wildman–Crippen LogP) is 3.10. The van der Waals surface area contributed by atoms with Crippen LogP contribution in [0.25, 0.3) is 0 Å². The summed E-state index contributed by atoms with van der Waals surface area (Å²) in [7, 11) is 0. The maximum absolute atomic E-state index is 12.7. The second-order valence-electron chi connectivity index (χ2n) is 6.75. The van der Waals surface area contributed by atoms with E-state index in [1.165, 1.54) is 0 Å². The summed E-state index contributed by atoms with van der Waals surface area (Å²) in [6, 6.07) is 9.61. The zero-order valence-corrected chi connectivity index (χ0v) is 14.7. The molecule has 0 bridgehead atoms. The Morgan fingerprint density at radius 3 is 2.46 bits per heavy atom. The van der Waals surface area contributed by atoms with Crippen molar-refractivity contribution in [1.29, 1.82) is 0 Å². The first-order valence-corrected chi connectivity index (χ1v) is 8.96. The van der Waals surface area contributed by atoms with E-state index in [0.29, 0.717) is 19.4 Å². The molecule has 5 nitrogen and oxygen atoms in total. The van der Waals surface area contributed by atoms with Gasteiger partial charge in [-0.1, -0.05) is 56.5 Å². The molecule has 1 aliphatic carbocycles. The number of amides is 3. The monoisotopic (exact) mass is 331 g/mol. The van der Waals surface area contributed by atoms with Gasteiger partial charge in [0.1, 0.15) is 5.54 Å². The number of carbonyl (C=O) groups excluding carboxylic acids is 2. The molecule has 3 amide bonds. The summed E-state index contributed by atoms with van der Waals surface area (Å²) in [6.45, 7) is 4.57. The molecular weight excluding hydrogens is 302 g/mol. The Hall–Kier alpha value is -2.04. The summed E-state index contributed by atoms with van der Waals surface area (Å²) in [5, 5.41) is 8.86. The van der Waals surface area contributed by atoms with E-state index < -0.39 is 5.54 Å². The van der Waals surface area contributed by atoms with Gasteiger partial charge in [-0.25, -0.2) is 4.79 Å². The van der Waals surface area contributed by atoms with Gasteiger partial charge in [0.05, 0.1) is 0 Å². The first-order valence-electron chi connectivity index (χ1n) is 8.96. The first kappa shape index (κ1) is 18.3. The number of urea groups is 1. The first-order chi connectivity index (χ1) is 11.6. The van der Waals surface area contributed by atoms with Crippen molar-refractivity contribution in [2.75, 3.05) is 0 Å². The van der Waals surface area contributed by atoms with Crippen LogP contribution in [0, 0.1) is 0 Å². The molecule has 1 aliphatic rings. The highest BCUT2D eigenvalue weighted by molar-refractivity contribution is 5.91. The van der Waals surface area contributed by atoms with Crippen molar-refractivity contribution in [3.05, 3.63) is 35.9 Å². The number of benzene rings is 1. The van der Waals surface area contributed by atoms with Gasteiger partial charge in [0.2, 0.25) is 5.91 Å². The fourth-order valence-corrected chi connectivity index (χ4v) is 3.29. The molecule has 132 valence electrons. The van der Waals surface area contributed by atoms with E-state index in [0.717, 1.165) is 31.2 Å². The summed E-state index contributed by atoms with van der Waals surface area (Å²) in [5.74, 6) is -0.0455. The van der Waals surface area contributed by atoms with Crippen molar-refractivity contribution in [1.82, 2.24) is 16.0 Å². The smallest absolute Gasteiger partial charge is 0.315 e. The van der Waals surface area contributed by atoms with E-state index >= 15 is 0 Å². The lowest BCUT2D eigenvalue weighted by Crippen LogP contribution is -2.60. The third kappa shape index (κ3) is 4.98. The van der Waals surface area contributed by atoms with Crippen molar-refractivity contribution >= 4 is 11.9 Å². The van der Waals surface area contributed by atoms with Gasteiger partial charge >= 0.3 is 6.03 Å². The molecule has 3 N–H and O–H groups in total. The van der Waals surface area contributed by atoms with Crippen LogP contribution in [0.5, 0.6) is 0 Å². The highest BCUT2D eigenvalue weighted by Crippen LogP contribution is 2.30. The number of hydrogen-bond acceptors (Lipinski definition) is 2. The van der Waals surface area contributed by atoms with E-state index in [1.54, 1.807) is 0 Å². The average Bonchev–Trinajstić information content (AvgIpc) is 3.04. The number of hydrogen-bond donors (Lipinski definition) is 3. The number of carbonyl (C=O) groups is 2. The minimum absolute atomic E-state index is 0.0455. The van der Waals surface area contributed by atoms with Gasteiger partial charge in [-0.2, -0.15) is 0 Å². The summed E-state index contributed by atoms with van der Waals surface area (Å²) in [6.07, 6.45) is 5.32. The molecule has 1 unspecified atom stereocenters. The lowest BCUT2D eigenvalue weighted by atomic mass is 9.95. The largest absolute Gasteiger partial charge is 0.352 e. The summed E-state index contributed by atoms with van der Waals surface area (Å²) >= 11 is 0. The maximum Gasteiger partial charge on any atom is 0.315 e. The number of nitrogens with one attached hydrogen (secondary N) is 3. The molecule has 0 heterocycles. The van der Waals surface area contributed by atoms with Crippen molar-refractivity contribution in [3.8, 4) is 0 Å². The minimum Gasteiger partial charge on any atom is -0.352 e. The third-order valence-corrected chi connectivity index (χ3v) is 4.64. The molecule has 1 aromatic carbocycles. The van der Waals surface area contributed by atoms with Gasteiger partial charge in [0.15, 0.2) is 0 Å². The highest BCUT2D eigenvalue weighted by atomic mass is 16.2. The molecule has 1 atom stereocenters. The van der Waals surface area contributed by atoms with Crippen LogP contribution in [0.3, 0.4) is 0 Å². The van der Waals surface area contributed by atoms with E-state index in [-0.39, 0.29) is 18.0 Å². The highest BCUT2D eigenvalue weighted by Gasteiger charge is 2.42. The Morgan fingerprint density at radius 2 is 1.83 bits per heavy atom. The molecule has 0 aromatic heterocycles. The zero-order chi connectivity index (χ0) is 17.4. The van der Waals surface area contributed by atoms with Crippen LogP contribution in [0.15, 0.2) is 30.3 Å². The van der Waals surface area contributed by atoms with Crippen LogP contribution < -0.4 is 16.0 Å². The normalized spacial score (nSPS) is 17.1. The summed E-state index contributed by atoms with van der Waals surface area (Å²) in [4.78, 5) is 25.0. The van der Waals surface area contributed by atoms with Crippen LogP contribution >= 0.6 is 0 Å². The fourth-order valence-electron chi connectivity index (χ4n) is 3.29. The Morgan fingerprint density at radius 1 is 1.17 bits per heavy atom. The Labute approximate surface area is 144 Å². The topological polar surface area (TPSA) is 70.2 Å². The second-order valence-corrected chi connectivity index (χ2v) is 6.75. The molecular formula is C19H29N3O2. The molecule has 0 aliphatic heterocycles. The second kappa shape index (κ2) is 8.71. The molecule has 0 spiro atoms. The van der Waals surface area contributed by atoms with Crippen LogP contribution in [0.2, 0.25) is 0 Å². The summed E-state index contributed by atoms with van der Waals surface area (Å²) < 4.78 is 0. The predicted molar refractivity (Wildman–Crippen MR) is 95.5 cm³/mol. The van der Waals surface area contributed by atoms with E-state index in [2.05, 4.69) is 22.9 Å². The van der Waals surface area contributed by atoms with Gasteiger partial charge in [-0.15, -0.1) is 0 Å². The molecule has 0 radical (unpaired) electrons. The van der Waals surface area contributed by atoms with Crippen molar-refractivity contribution in [3.63, 3.8) is 0 Å². The lowest BCUT2D eigenvalue weighted by molar-refractivity contribution is -0.127. The van der Waals surface area contributed by atoms with E-state index in [1.807, 2.05) is 37.3 Å². The molecule has 2 rings (SSSR count). The van der Waals surface area contributed by atoms with Crippen molar-refractivity contribution in [2.24, 2.45) is 0 Å². The Bertz CT molecular complexity index is 539. The Kier molecular flexibility index (Phi) is 6.64. The van der Waals surface area contributed by atoms with Gasteiger partial charge in [0, 0.05) is 12.6 Å². The molecule has 1 aromatic rings. The van der Waals surface area contributed by atoms with E-state index in [4.69, 9.17) is 0 Å². The van der Waals surface area contributed by atoms with Crippen molar-refractivity contribution in [2.45, 2.75) is 70.5 Å². The van der Waals surface area contributed by atoms with Crippen LogP contribution in [-0.2, 0) is 11.3 Å². The van der Waals surface area contributed by atoms with E-state index in [9.17, 15) is 9.59 Å². The van der Waals surface area contributed by atoms with Crippen molar-refractivity contribution < 1.29 is 9.59 Å². The zero-order valence-electron chi connectivity index (χ0n) is 14.7. The van der Waals surface area contributed by atoms with Crippen LogP contribution in [0.1, 0.15) is 57.9 Å². The lowest BCUT2D eigenvalue weighted by Gasteiger charge is -2.30. The Balaban J connectivity index is 1.92. The molecule has 1 saturated carbocycles. The maximum atomic E-state index is 12.7. The SMILES string of the molecule is CCCC(C)NC(=O)C1(NC(=O)NCc2ccccc2)CCCC1. The quantitative estimate of drug-likeness (QED) is 0.718. The van der Waals surface area contributed by atoms with Gasteiger partial charge < -0.3 is 16.0 Å². The summed E-state index contributed by atoms with van der Waals surface area (Å²) in [5.41, 5.74) is 0.275. The molecule has 24 heavy (non-hydrogen) atoms. The van der Waals surface area contributed by atoms with Gasteiger partial charge in [-0.3, -0.25) is 4.79 Å². The van der Waals surface area contributed by atoms with Gasteiger partial charge in [0.25, 0.3) is 0 Å². The van der Waals surface area contributed by atoms with Gasteiger partial charge in [-0.05, 0) is 31.7 Å². The minimum atomic E-state index is -0.761. The molecule has 1 fully saturated rings. The third-order valence-electron chi connectivity index (χ3n) is 4.64. The standard InChI is InChI=1S/C19H29N3O2/c1-3-9-15(2)21-17(23)19(12-7-8-13-19)22-18(24)20-14-16-10-5-4-6-11-16/h4-6,10-11,15H,3,7-9,12-14H2,1-2H3,(H,21,23)(H2,20,22,24). The average molecular weight is 331 g/mol. The van der Waals surface area contributed by atoms with Crippen LogP contribution in [-0.4, -0.2) is 23.5 Å².